The molecular weight excluding hydrogens is 364 g/mol. The minimum absolute atomic E-state index is 0.0334. The summed E-state index contributed by atoms with van der Waals surface area (Å²) in [4.78, 5) is 24.5. The molecule has 2 aromatic rings. The number of hydrogen-bond donors (Lipinski definition) is 2. The van der Waals surface area contributed by atoms with Crippen molar-refractivity contribution in [2.45, 2.75) is 39.7 Å². The summed E-state index contributed by atoms with van der Waals surface area (Å²) in [6.45, 7) is 5.47. The SMILES string of the molecule is Cc1ccc(NC(=O)C2CC2)cc1NC(=O)C(C)Oc1ccc(Cl)cc1C. The average Bonchev–Trinajstić information content (AvgIpc) is 3.45. The Morgan fingerprint density at radius 3 is 2.48 bits per heavy atom. The molecule has 3 rings (SSSR count). The fraction of sp³-hybridized carbons (Fsp3) is 0.333. The minimum atomic E-state index is -0.686. The largest absolute Gasteiger partial charge is 0.481 e. The molecule has 0 aliphatic heterocycles. The first-order valence-electron chi connectivity index (χ1n) is 8.98. The monoisotopic (exact) mass is 386 g/mol. The molecule has 6 heteroatoms. The molecule has 2 amide bonds. The number of ether oxygens (including phenoxy) is 1. The molecule has 1 saturated carbocycles. The lowest BCUT2D eigenvalue weighted by atomic mass is 10.1. The van der Waals surface area contributed by atoms with E-state index in [1.165, 1.54) is 0 Å². The molecule has 5 nitrogen and oxygen atoms in total. The van der Waals surface area contributed by atoms with Gasteiger partial charge >= 0.3 is 0 Å². The quantitative estimate of drug-likeness (QED) is 0.755. The molecule has 0 heterocycles. The number of carbonyl (C=O) groups is 2. The van der Waals surface area contributed by atoms with Crippen molar-refractivity contribution in [2.24, 2.45) is 5.92 Å². The second kappa shape index (κ2) is 8.01. The first kappa shape index (κ1) is 19.2. The molecule has 1 fully saturated rings. The van der Waals surface area contributed by atoms with E-state index >= 15 is 0 Å². The number of amides is 2. The standard InChI is InChI=1S/C21H23ClN2O3/c1-12-4-8-17(23-21(26)15-5-6-15)11-18(12)24-20(25)14(3)27-19-9-7-16(22)10-13(19)2/h4,7-11,14-15H,5-6H2,1-3H3,(H,23,26)(H,24,25). The summed E-state index contributed by atoms with van der Waals surface area (Å²) in [6, 6.07) is 10.7. The van der Waals surface area contributed by atoms with Gasteiger partial charge < -0.3 is 15.4 Å². The van der Waals surface area contributed by atoms with E-state index in [1.54, 1.807) is 31.2 Å². The molecule has 0 aromatic heterocycles. The van der Waals surface area contributed by atoms with Gasteiger partial charge in [-0.25, -0.2) is 0 Å². The van der Waals surface area contributed by atoms with Crippen molar-refractivity contribution < 1.29 is 14.3 Å². The van der Waals surface area contributed by atoms with Gasteiger partial charge in [-0.1, -0.05) is 17.7 Å². The van der Waals surface area contributed by atoms with Gasteiger partial charge in [0.05, 0.1) is 0 Å². The Balaban J connectivity index is 1.66. The zero-order valence-electron chi connectivity index (χ0n) is 15.6. The second-order valence-electron chi connectivity index (χ2n) is 6.95. The summed E-state index contributed by atoms with van der Waals surface area (Å²) in [5, 5.41) is 6.39. The number of anilines is 2. The molecule has 1 aliphatic carbocycles. The highest BCUT2D eigenvalue weighted by Gasteiger charge is 2.29. The van der Waals surface area contributed by atoms with Gasteiger partial charge in [0.2, 0.25) is 5.91 Å². The van der Waals surface area contributed by atoms with Crippen LogP contribution in [0.2, 0.25) is 5.02 Å². The fourth-order valence-corrected chi connectivity index (χ4v) is 2.87. The molecule has 0 bridgehead atoms. The van der Waals surface area contributed by atoms with Gasteiger partial charge in [-0.3, -0.25) is 9.59 Å². The van der Waals surface area contributed by atoms with Crippen LogP contribution in [-0.4, -0.2) is 17.9 Å². The third-order valence-electron chi connectivity index (χ3n) is 4.52. The number of carbonyl (C=O) groups excluding carboxylic acids is 2. The van der Waals surface area contributed by atoms with Crippen molar-refractivity contribution in [3.05, 3.63) is 52.5 Å². The summed E-state index contributed by atoms with van der Waals surface area (Å²) in [7, 11) is 0. The fourth-order valence-electron chi connectivity index (χ4n) is 2.65. The van der Waals surface area contributed by atoms with E-state index in [0.29, 0.717) is 22.1 Å². The lowest BCUT2D eigenvalue weighted by molar-refractivity contribution is -0.122. The van der Waals surface area contributed by atoms with Crippen molar-refractivity contribution in [3.8, 4) is 5.75 Å². The minimum Gasteiger partial charge on any atom is -0.481 e. The summed E-state index contributed by atoms with van der Waals surface area (Å²) >= 11 is 5.95. The van der Waals surface area contributed by atoms with Crippen molar-refractivity contribution in [1.82, 2.24) is 0 Å². The van der Waals surface area contributed by atoms with Crippen molar-refractivity contribution in [3.63, 3.8) is 0 Å². The Kier molecular flexibility index (Phi) is 5.71. The van der Waals surface area contributed by atoms with E-state index < -0.39 is 6.10 Å². The van der Waals surface area contributed by atoms with Crippen LogP contribution in [0.25, 0.3) is 0 Å². The van der Waals surface area contributed by atoms with E-state index in [-0.39, 0.29) is 17.7 Å². The lowest BCUT2D eigenvalue weighted by Gasteiger charge is -2.18. The number of halogens is 1. The molecule has 0 spiro atoms. The highest BCUT2D eigenvalue weighted by Crippen LogP contribution is 2.31. The highest BCUT2D eigenvalue weighted by molar-refractivity contribution is 6.30. The van der Waals surface area contributed by atoms with Gasteiger partial charge in [-0.15, -0.1) is 0 Å². The van der Waals surface area contributed by atoms with Crippen LogP contribution in [0, 0.1) is 19.8 Å². The van der Waals surface area contributed by atoms with Crippen molar-refractivity contribution in [2.75, 3.05) is 10.6 Å². The Morgan fingerprint density at radius 1 is 1.07 bits per heavy atom. The van der Waals surface area contributed by atoms with Gasteiger partial charge in [0.15, 0.2) is 6.10 Å². The maximum Gasteiger partial charge on any atom is 0.265 e. The number of nitrogens with one attached hydrogen (secondary N) is 2. The molecule has 0 radical (unpaired) electrons. The topological polar surface area (TPSA) is 67.4 Å². The van der Waals surface area contributed by atoms with Crippen LogP contribution in [0.4, 0.5) is 11.4 Å². The zero-order valence-corrected chi connectivity index (χ0v) is 16.4. The van der Waals surface area contributed by atoms with Crippen LogP contribution >= 0.6 is 11.6 Å². The van der Waals surface area contributed by atoms with Gasteiger partial charge in [0, 0.05) is 22.3 Å². The zero-order chi connectivity index (χ0) is 19.6. The molecule has 1 aliphatic rings. The van der Waals surface area contributed by atoms with Crippen LogP contribution < -0.4 is 15.4 Å². The van der Waals surface area contributed by atoms with Crippen LogP contribution in [-0.2, 0) is 9.59 Å². The van der Waals surface area contributed by atoms with Gasteiger partial charge in [-0.2, -0.15) is 0 Å². The number of rotatable bonds is 6. The normalized spacial score (nSPS) is 14.4. The van der Waals surface area contributed by atoms with Crippen LogP contribution in [0.15, 0.2) is 36.4 Å². The third-order valence-corrected chi connectivity index (χ3v) is 4.76. The van der Waals surface area contributed by atoms with E-state index in [0.717, 1.165) is 24.0 Å². The van der Waals surface area contributed by atoms with E-state index in [2.05, 4.69) is 10.6 Å². The summed E-state index contributed by atoms with van der Waals surface area (Å²) in [5.74, 6) is 0.508. The first-order valence-corrected chi connectivity index (χ1v) is 9.36. The predicted molar refractivity (Wildman–Crippen MR) is 107 cm³/mol. The van der Waals surface area contributed by atoms with E-state index in [1.807, 2.05) is 26.0 Å². The Bertz CT molecular complexity index is 878. The van der Waals surface area contributed by atoms with E-state index in [4.69, 9.17) is 16.3 Å². The van der Waals surface area contributed by atoms with Crippen LogP contribution in [0.3, 0.4) is 0 Å². The first-order chi connectivity index (χ1) is 12.8. The van der Waals surface area contributed by atoms with Gasteiger partial charge in [-0.05, 0) is 75.1 Å². The molecule has 27 heavy (non-hydrogen) atoms. The molecule has 2 N–H and O–H groups in total. The lowest BCUT2D eigenvalue weighted by Crippen LogP contribution is -2.30. The van der Waals surface area contributed by atoms with Crippen molar-refractivity contribution in [1.29, 1.82) is 0 Å². The van der Waals surface area contributed by atoms with E-state index in [9.17, 15) is 9.59 Å². The molecule has 2 aromatic carbocycles. The average molecular weight is 387 g/mol. The van der Waals surface area contributed by atoms with Gasteiger partial charge in [0.25, 0.3) is 5.91 Å². The summed E-state index contributed by atoms with van der Waals surface area (Å²) < 4.78 is 5.77. The van der Waals surface area contributed by atoms with Crippen molar-refractivity contribution >= 4 is 34.8 Å². The molecule has 142 valence electrons. The Labute approximate surface area is 164 Å². The maximum atomic E-state index is 12.5. The Hall–Kier alpha value is -2.53. The van der Waals surface area contributed by atoms with Gasteiger partial charge in [0.1, 0.15) is 5.75 Å². The molecule has 0 saturated heterocycles. The second-order valence-corrected chi connectivity index (χ2v) is 7.39. The Morgan fingerprint density at radius 2 is 1.81 bits per heavy atom. The predicted octanol–water partition coefficient (Wildman–Crippen LogP) is 4.71. The highest BCUT2D eigenvalue weighted by atomic mass is 35.5. The number of hydrogen-bond acceptors (Lipinski definition) is 3. The van der Waals surface area contributed by atoms with Crippen LogP contribution in [0.5, 0.6) is 5.75 Å². The maximum absolute atomic E-state index is 12.5. The third kappa shape index (κ3) is 5.01. The summed E-state index contributed by atoms with van der Waals surface area (Å²) in [5.41, 5.74) is 3.09. The summed E-state index contributed by atoms with van der Waals surface area (Å²) in [6.07, 6.45) is 1.20. The van der Waals surface area contributed by atoms with Crippen LogP contribution in [0.1, 0.15) is 30.9 Å². The number of benzene rings is 2. The molecule has 1 unspecified atom stereocenters. The molecular formula is C21H23ClN2O3. The molecule has 1 atom stereocenters. The number of aryl methyl sites for hydroxylation is 2. The smallest absolute Gasteiger partial charge is 0.265 e.